The molecule has 2 rings (SSSR count). The van der Waals surface area contributed by atoms with E-state index in [1.807, 2.05) is 12.3 Å². The van der Waals surface area contributed by atoms with E-state index in [4.69, 9.17) is 5.73 Å². The van der Waals surface area contributed by atoms with Gasteiger partial charge in [0.15, 0.2) is 0 Å². The Bertz CT molecular complexity index is 462. The molecule has 3 nitrogen and oxygen atoms in total. The molecule has 1 aromatic heterocycles. The SMILES string of the molecule is C[C@H](CN)NCc1cccc2cccnc12. The number of hydrogen-bond acceptors (Lipinski definition) is 3. The van der Waals surface area contributed by atoms with Crippen LogP contribution in [-0.4, -0.2) is 17.6 Å². The first-order valence-electron chi connectivity index (χ1n) is 5.57. The first kappa shape index (κ1) is 11.0. The predicted octanol–water partition coefficient (Wildman–Crippen LogP) is 1.67. The Morgan fingerprint density at radius 2 is 2.12 bits per heavy atom. The number of hydrogen-bond donors (Lipinski definition) is 2. The van der Waals surface area contributed by atoms with E-state index in [1.165, 1.54) is 10.9 Å². The van der Waals surface area contributed by atoms with Crippen LogP contribution in [0.5, 0.6) is 0 Å². The lowest BCUT2D eigenvalue weighted by atomic mass is 10.1. The van der Waals surface area contributed by atoms with E-state index < -0.39 is 0 Å². The normalized spacial score (nSPS) is 12.9. The highest BCUT2D eigenvalue weighted by Gasteiger charge is 2.03. The average Bonchev–Trinajstić information content (AvgIpc) is 2.35. The maximum Gasteiger partial charge on any atom is 0.0746 e. The number of para-hydroxylation sites is 1. The third-order valence-electron chi connectivity index (χ3n) is 2.71. The van der Waals surface area contributed by atoms with Gasteiger partial charge < -0.3 is 11.1 Å². The molecule has 3 heteroatoms. The Balaban J connectivity index is 2.23. The standard InChI is InChI=1S/C13H17N3/c1-10(8-14)16-9-12-5-2-4-11-6-3-7-15-13(11)12/h2-7,10,16H,8-9,14H2,1H3/t10-/m1/s1. The van der Waals surface area contributed by atoms with Gasteiger partial charge in [0.2, 0.25) is 0 Å². The largest absolute Gasteiger partial charge is 0.329 e. The second-order valence-corrected chi connectivity index (χ2v) is 4.01. The van der Waals surface area contributed by atoms with Crippen LogP contribution >= 0.6 is 0 Å². The molecule has 0 saturated carbocycles. The summed E-state index contributed by atoms with van der Waals surface area (Å²) in [5, 5.41) is 4.56. The van der Waals surface area contributed by atoms with Crippen molar-refractivity contribution in [1.82, 2.24) is 10.3 Å². The molecule has 0 aliphatic heterocycles. The monoisotopic (exact) mass is 215 g/mol. The van der Waals surface area contributed by atoms with Gasteiger partial charge in [-0.05, 0) is 18.6 Å². The number of nitrogens with one attached hydrogen (secondary N) is 1. The molecule has 1 atom stereocenters. The Hall–Kier alpha value is -1.45. The zero-order valence-electron chi connectivity index (χ0n) is 9.48. The predicted molar refractivity (Wildman–Crippen MR) is 67.1 cm³/mol. The highest BCUT2D eigenvalue weighted by Crippen LogP contribution is 2.15. The first-order chi connectivity index (χ1) is 7.81. The molecular weight excluding hydrogens is 198 g/mol. The molecule has 1 aromatic carbocycles. The van der Waals surface area contributed by atoms with E-state index in [1.54, 1.807) is 0 Å². The number of nitrogens with two attached hydrogens (primary N) is 1. The van der Waals surface area contributed by atoms with Crippen LogP contribution in [0.4, 0.5) is 0 Å². The van der Waals surface area contributed by atoms with Crippen molar-refractivity contribution >= 4 is 10.9 Å². The number of benzene rings is 1. The highest BCUT2D eigenvalue weighted by atomic mass is 14.9. The Morgan fingerprint density at radius 1 is 1.31 bits per heavy atom. The fourth-order valence-corrected chi connectivity index (χ4v) is 1.68. The summed E-state index contributed by atoms with van der Waals surface area (Å²) in [7, 11) is 0. The van der Waals surface area contributed by atoms with E-state index in [-0.39, 0.29) is 0 Å². The third-order valence-corrected chi connectivity index (χ3v) is 2.71. The molecule has 0 unspecified atom stereocenters. The van der Waals surface area contributed by atoms with Gasteiger partial charge in [-0.15, -0.1) is 0 Å². The van der Waals surface area contributed by atoms with Crippen molar-refractivity contribution in [3.63, 3.8) is 0 Å². The zero-order valence-corrected chi connectivity index (χ0v) is 9.48. The molecule has 0 aliphatic carbocycles. The van der Waals surface area contributed by atoms with E-state index in [0.717, 1.165) is 12.1 Å². The van der Waals surface area contributed by atoms with E-state index >= 15 is 0 Å². The molecule has 0 radical (unpaired) electrons. The molecule has 16 heavy (non-hydrogen) atoms. The second-order valence-electron chi connectivity index (χ2n) is 4.01. The van der Waals surface area contributed by atoms with Gasteiger partial charge in [0, 0.05) is 30.7 Å². The molecule has 3 N–H and O–H groups in total. The van der Waals surface area contributed by atoms with Gasteiger partial charge >= 0.3 is 0 Å². The minimum atomic E-state index is 0.332. The fourth-order valence-electron chi connectivity index (χ4n) is 1.68. The molecule has 0 amide bonds. The lowest BCUT2D eigenvalue weighted by Gasteiger charge is -2.12. The minimum Gasteiger partial charge on any atom is -0.329 e. The highest BCUT2D eigenvalue weighted by molar-refractivity contribution is 5.81. The van der Waals surface area contributed by atoms with Crippen molar-refractivity contribution in [2.24, 2.45) is 5.73 Å². The number of pyridine rings is 1. The third kappa shape index (κ3) is 2.38. The molecule has 0 fully saturated rings. The average molecular weight is 215 g/mol. The number of rotatable bonds is 4. The Morgan fingerprint density at radius 3 is 2.94 bits per heavy atom. The molecule has 0 saturated heterocycles. The lowest BCUT2D eigenvalue weighted by Crippen LogP contribution is -2.32. The lowest BCUT2D eigenvalue weighted by molar-refractivity contribution is 0.557. The maximum absolute atomic E-state index is 5.57. The van der Waals surface area contributed by atoms with Crippen molar-refractivity contribution in [2.75, 3.05) is 6.54 Å². The van der Waals surface area contributed by atoms with E-state index in [9.17, 15) is 0 Å². The number of nitrogens with zero attached hydrogens (tertiary/aromatic N) is 1. The van der Waals surface area contributed by atoms with Gasteiger partial charge in [-0.2, -0.15) is 0 Å². The fraction of sp³-hybridized carbons (Fsp3) is 0.308. The summed E-state index contributed by atoms with van der Waals surface area (Å²) in [5.74, 6) is 0. The molecule has 0 aliphatic rings. The summed E-state index contributed by atoms with van der Waals surface area (Å²) in [4.78, 5) is 4.41. The first-order valence-corrected chi connectivity index (χ1v) is 5.57. The summed E-state index contributed by atoms with van der Waals surface area (Å²) in [5.41, 5.74) is 7.86. The topological polar surface area (TPSA) is 50.9 Å². The van der Waals surface area contributed by atoms with E-state index in [2.05, 4.69) is 41.5 Å². The Kier molecular flexibility index (Phi) is 3.49. The van der Waals surface area contributed by atoms with Crippen LogP contribution in [0.3, 0.4) is 0 Å². The van der Waals surface area contributed by atoms with Gasteiger partial charge in [-0.25, -0.2) is 0 Å². The van der Waals surface area contributed by atoms with Gasteiger partial charge in [0.25, 0.3) is 0 Å². The summed E-state index contributed by atoms with van der Waals surface area (Å²) in [6, 6.07) is 10.6. The van der Waals surface area contributed by atoms with Gasteiger partial charge in [0.05, 0.1) is 5.52 Å². The molecule has 1 heterocycles. The van der Waals surface area contributed by atoms with Crippen molar-refractivity contribution < 1.29 is 0 Å². The van der Waals surface area contributed by atoms with E-state index in [0.29, 0.717) is 12.6 Å². The van der Waals surface area contributed by atoms with Gasteiger partial charge in [-0.3, -0.25) is 4.98 Å². The van der Waals surface area contributed by atoms with Crippen LogP contribution in [0.2, 0.25) is 0 Å². The van der Waals surface area contributed by atoms with Crippen LogP contribution in [-0.2, 0) is 6.54 Å². The van der Waals surface area contributed by atoms with Crippen molar-refractivity contribution in [2.45, 2.75) is 19.5 Å². The Labute approximate surface area is 95.7 Å². The van der Waals surface area contributed by atoms with Crippen molar-refractivity contribution in [3.05, 3.63) is 42.1 Å². The second kappa shape index (κ2) is 5.05. The molecule has 0 bridgehead atoms. The van der Waals surface area contributed by atoms with Crippen molar-refractivity contribution in [1.29, 1.82) is 0 Å². The van der Waals surface area contributed by atoms with Crippen LogP contribution in [0.25, 0.3) is 10.9 Å². The molecule has 2 aromatic rings. The zero-order chi connectivity index (χ0) is 11.4. The summed E-state index contributed by atoms with van der Waals surface area (Å²) < 4.78 is 0. The smallest absolute Gasteiger partial charge is 0.0746 e. The van der Waals surface area contributed by atoms with Crippen LogP contribution < -0.4 is 11.1 Å². The number of aromatic nitrogens is 1. The van der Waals surface area contributed by atoms with Crippen LogP contribution in [0, 0.1) is 0 Å². The summed E-state index contributed by atoms with van der Waals surface area (Å²) in [6.45, 7) is 3.55. The summed E-state index contributed by atoms with van der Waals surface area (Å²) >= 11 is 0. The quantitative estimate of drug-likeness (QED) is 0.815. The van der Waals surface area contributed by atoms with Crippen LogP contribution in [0.15, 0.2) is 36.5 Å². The number of fused-ring (bicyclic) bond motifs is 1. The summed E-state index contributed by atoms with van der Waals surface area (Å²) in [6.07, 6.45) is 1.83. The van der Waals surface area contributed by atoms with Crippen molar-refractivity contribution in [3.8, 4) is 0 Å². The minimum absolute atomic E-state index is 0.332. The molecule has 0 spiro atoms. The van der Waals surface area contributed by atoms with Gasteiger partial charge in [-0.1, -0.05) is 24.3 Å². The molecule has 84 valence electrons. The van der Waals surface area contributed by atoms with Gasteiger partial charge in [0.1, 0.15) is 0 Å². The van der Waals surface area contributed by atoms with Crippen LogP contribution in [0.1, 0.15) is 12.5 Å². The maximum atomic E-state index is 5.57. The molecular formula is C13H17N3.